The molecule has 7 heteroatoms. The summed E-state index contributed by atoms with van der Waals surface area (Å²) >= 11 is 0. The van der Waals surface area contributed by atoms with Gasteiger partial charge < -0.3 is 9.26 Å². The van der Waals surface area contributed by atoms with Gasteiger partial charge in [0.2, 0.25) is 10.0 Å². The summed E-state index contributed by atoms with van der Waals surface area (Å²) in [7, 11) is -3.52. The molecule has 0 saturated carbocycles. The molecule has 0 atom stereocenters. The second-order valence-corrected chi connectivity index (χ2v) is 6.25. The van der Waals surface area contributed by atoms with Gasteiger partial charge in [0.25, 0.3) is 0 Å². The second-order valence-electron chi connectivity index (χ2n) is 4.49. The van der Waals surface area contributed by atoms with Crippen molar-refractivity contribution in [2.24, 2.45) is 0 Å². The molecule has 6 nitrogen and oxygen atoms in total. The van der Waals surface area contributed by atoms with Crippen LogP contribution < -0.4 is 9.46 Å². The topological polar surface area (TPSA) is 81.4 Å². The largest absolute Gasteiger partial charge is 0.494 e. The quantitative estimate of drug-likeness (QED) is 0.844. The fourth-order valence-electron chi connectivity index (χ4n) is 1.81. The molecule has 0 saturated heterocycles. The Hall–Kier alpha value is -1.86. The monoisotopic (exact) mass is 310 g/mol. The van der Waals surface area contributed by atoms with Crippen molar-refractivity contribution in [1.29, 1.82) is 0 Å². The summed E-state index contributed by atoms with van der Waals surface area (Å²) in [4.78, 5) is 0.208. The van der Waals surface area contributed by atoms with Crippen LogP contribution in [0, 0.1) is 6.92 Å². The Kier molecular flexibility index (Phi) is 4.98. The van der Waals surface area contributed by atoms with Gasteiger partial charge in [0.15, 0.2) is 0 Å². The Morgan fingerprint density at radius 2 is 2.00 bits per heavy atom. The lowest BCUT2D eigenvalue weighted by Crippen LogP contribution is -2.25. The van der Waals surface area contributed by atoms with Gasteiger partial charge in [0.1, 0.15) is 11.5 Å². The van der Waals surface area contributed by atoms with Crippen LogP contribution in [0.1, 0.15) is 18.4 Å². The van der Waals surface area contributed by atoms with Gasteiger partial charge in [-0.2, -0.15) is 0 Å². The van der Waals surface area contributed by atoms with Crippen LogP contribution in [-0.4, -0.2) is 26.7 Å². The van der Waals surface area contributed by atoms with E-state index < -0.39 is 10.0 Å². The molecule has 2 aromatic rings. The summed E-state index contributed by atoms with van der Waals surface area (Å²) < 4.78 is 37.0. The summed E-state index contributed by atoms with van der Waals surface area (Å²) in [6.45, 7) is 4.49. The van der Waals surface area contributed by atoms with Crippen LogP contribution in [-0.2, 0) is 16.4 Å². The Bertz CT molecular complexity index is 677. The van der Waals surface area contributed by atoms with Gasteiger partial charge in [-0.25, -0.2) is 13.1 Å². The number of hydrogen-bond acceptors (Lipinski definition) is 5. The molecule has 1 aromatic carbocycles. The van der Waals surface area contributed by atoms with E-state index in [1.807, 2.05) is 13.8 Å². The lowest BCUT2D eigenvalue weighted by molar-refractivity contribution is 0.340. The number of aryl methyl sites for hydroxylation is 1. The van der Waals surface area contributed by atoms with Crippen molar-refractivity contribution in [3.05, 3.63) is 41.8 Å². The van der Waals surface area contributed by atoms with Crippen LogP contribution in [0.4, 0.5) is 0 Å². The molecule has 0 spiro atoms. The average molecular weight is 310 g/mol. The van der Waals surface area contributed by atoms with Crippen LogP contribution in [0.15, 0.2) is 39.8 Å². The van der Waals surface area contributed by atoms with Gasteiger partial charge in [-0.1, -0.05) is 5.16 Å². The average Bonchev–Trinajstić information content (AvgIpc) is 2.85. The lowest BCUT2D eigenvalue weighted by atomic mass is 10.3. The molecule has 2 rings (SSSR count). The number of nitrogens with zero attached hydrogens (tertiary/aromatic N) is 1. The van der Waals surface area contributed by atoms with Crippen molar-refractivity contribution >= 4 is 10.0 Å². The van der Waals surface area contributed by atoms with Gasteiger partial charge in [-0.3, -0.25) is 0 Å². The second kappa shape index (κ2) is 6.73. The van der Waals surface area contributed by atoms with Crippen LogP contribution in [0.2, 0.25) is 0 Å². The Morgan fingerprint density at radius 3 is 2.57 bits per heavy atom. The van der Waals surface area contributed by atoms with Crippen LogP contribution in [0.25, 0.3) is 0 Å². The van der Waals surface area contributed by atoms with Gasteiger partial charge >= 0.3 is 0 Å². The van der Waals surface area contributed by atoms with E-state index in [9.17, 15) is 8.42 Å². The molecule has 21 heavy (non-hydrogen) atoms. The lowest BCUT2D eigenvalue weighted by Gasteiger charge is -2.07. The molecular formula is C14H18N2O4S. The highest BCUT2D eigenvalue weighted by Crippen LogP contribution is 2.15. The normalized spacial score (nSPS) is 11.5. The van der Waals surface area contributed by atoms with E-state index in [0.717, 1.165) is 5.69 Å². The number of nitrogens with one attached hydrogen (secondary N) is 1. The maximum absolute atomic E-state index is 12.1. The highest BCUT2D eigenvalue weighted by molar-refractivity contribution is 7.89. The molecule has 1 heterocycles. The first kappa shape index (κ1) is 15.5. The summed E-state index contributed by atoms with van der Waals surface area (Å²) in [5.74, 6) is 1.30. The predicted octanol–water partition coefficient (Wildman–Crippen LogP) is 1.90. The molecule has 0 radical (unpaired) electrons. The van der Waals surface area contributed by atoms with Crippen molar-refractivity contribution in [2.45, 2.75) is 25.2 Å². The van der Waals surface area contributed by atoms with Crippen molar-refractivity contribution in [3.8, 4) is 5.75 Å². The van der Waals surface area contributed by atoms with Crippen molar-refractivity contribution in [1.82, 2.24) is 9.88 Å². The SMILES string of the molecule is CCOc1ccc(S(=O)(=O)NCCc2cc(C)no2)cc1. The summed E-state index contributed by atoms with van der Waals surface area (Å²) in [6, 6.07) is 8.10. The predicted molar refractivity (Wildman–Crippen MR) is 77.7 cm³/mol. The van der Waals surface area contributed by atoms with E-state index in [1.54, 1.807) is 18.2 Å². The first-order chi connectivity index (χ1) is 10.0. The number of rotatable bonds is 7. The zero-order valence-electron chi connectivity index (χ0n) is 12.0. The number of aromatic nitrogens is 1. The van der Waals surface area contributed by atoms with Crippen LogP contribution in [0.5, 0.6) is 5.75 Å². The van der Waals surface area contributed by atoms with E-state index in [4.69, 9.17) is 9.26 Å². The molecule has 0 aliphatic heterocycles. The Balaban J connectivity index is 1.94. The number of sulfonamides is 1. The molecule has 0 unspecified atom stereocenters. The molecule has 0 fully saturated rings. The molecule has 0 amide bonds. The van der Waals surface area contributed by atoms with E-state index >= 15 is 0 Å². The summed E-state index contributed by atoms with van der Waals surface area (Å²) in [5, 5.41) is 3.75. The molecule has 0 aliphatic rings. The summed E-state index contributed by atoms with van der Waals surface area (Å²) in [5.41, 5.74) is 0.777. The van der Waals surface area contributed by atoms with Gasteiger partial charge in [-0.05, 0) is 38.1 Å². The zero-order valence-corrected chi connectivity index (χ0v) is 12.8. The van der Waals surface area contributed by atoms with Crippen molar-refractivity contribution < 1.29 is 17.7 Å². The number of benzene rings is 1. The fraction of sp³-hybridized carbons (Fsp3) is 0.357. The van der Waals surface area contributed by atoms with Gasteiger partial charge in [-0.15, -0.1) is 0 Å². The highest BCUT2D eigenvalue weighted by Gasteiger charge is 2.13. The minimum absolute atomic E-state index is 0.208. The van der Waals surface area contributed by atoms with Crippen molar-refractivity contribution in [3.63, 3.8) is 0 Å². The third-order valence-corrected chi connectivity index (χ3v) is 4.26. The third-order valence-electron chi connectivity index (χ3n) is 2.79. The maximum Gasteiger partial charge on any atom is 0.240 e. The molecule has 0 aliphatic carbocycles. The Morgan fingerprint density at radius 1 is 1.29 bits per heavy atom. The minimum Gasteiger partial charge on any atom is -0.494 e. The van der Waals surface area contributed by atoms with E-state index in [-0.39, 0.29) is 11.4 Å². The van der Waals surface area contributed by atoms with Crippen LogP contribution in [0.3, 0.4) is 0 Å². The van der Waals surface area contributed by atoms with Crippen molar-refractivity contribution in [2.75, 3.05) is 13.2 Å². The fourth-order valence-corrected chi connectivity index (χ4v) is 2.84. The van der Waals surface area contributed by atoms with E-state index in [0.29, 0.717) is 24.5 Å². The smallest absolute Gasteiger partial charge is 0.240 e. The highest BCUT2D eigenvalue weighted by atomic mass is 32.2. The number of hydrogen-bond donors (Lipinski definition) is 1. The van der Waals surface area contributed by atoms with E-state index in [1.165, 1.54) is 12.1 Å². The maximum atomic E-state index is 12.1. The molecule has 114 valence electrons. The summed E-state index contributed by atoms with van der Waals surface area (Å²) in [6.07, 6.45) is 0.455. The van der Waals surface area contributed by atoms with E-state index in [2.05, 4.69) is 9.88 Å². The molecule has 1 aromatic heterocycles. The molecular weight excluding hydrogens is 292 g/mol. The zero-order chi connectivity index (χ0) is 15.3. The standard InChI is InChI=1S/C14H18N2O4S/c1-3-19-12-4-6-14(7-5-12)21(17,18)15-9-8-13-10-11(2)16-20-13/h4-7,10,15H,3,8-9H2,1-2H3. The first-order valence-corrected chi connectivity index (χ1v) is 8.14. The van der Waals surface area contributed by atoms with Gasteiger partial charge in [0.05, 0.1) is 17.2 Å². The molecule has 1 N–H and O–H groups in total. The first-order valence-electron chi connectivity index (χ1n) is 6.66. The third kappa shape index (κ3) is 4.30. The number of ether oxygens (including phenoxy) is 1. The molecule has 0 bridgehead atoms. The minimum atomic E-state index is -3.52. The Labute approximate surface area is 124 Å². The van der Waals surface area contributed by atoms with Crippen LogP contribution >= 0.6 is 0 Å². The van der Waals surface area contributed by atoms with Gasteiger partial charge in [0, 0.05) is 19.0 Å².